The van der Waals surface area contributed by atoms with E-state index in [-0.39, 0.29) is 12.0 Å². The topological polar surface area (TPSA) is 240 Å². The van der Waals surface area contributed by atoms with Crippen molar-refractivity contribution in [2.75, 3.05) is 6.54 Å². The number of phenolic OH excluding ortho intramolecular Hbond substituents is 3. The second-order valence-electron chi connectivity index (χ2n) is 12.3. The van der Waals surface area contributed by atoms with Gasteiger partial charge in [-0.15, -0.1) is 0 Å². The van der Waals surface area contributed by atoms with Crippen LogP contribution in [0.25, 0.3) is 0 Å². The van der Waals surface area contributed by atoms with Gasteiger partial charge in [0.05, 0.1) is 17.3 Å². The van der Waals surface area contributed by atoms with Gasteiger partial charge in [-0.25, -0.2) is 4.79 Å². The van der Waals surface area contributed by atoms with Crippen molar-refractivity contribution < 1.29 is 44.4 Å². The van der Waals surface area contributed by atoms with Gasteiger partial charge in [0.2, 0.25) is 23.6 Å². The predicted octanol–water partition coefficient (Wildman–Crippen LogP) is 1.08. The molecule has 1 heterocycles. The minimum atomic E-state index is -1.41. The highest BCUT2D eigenvalue weighted by Crippen LogP contribution is 2.47. The predicted molar refractivity (Wildman–Crippen MR) is 178 cm³/mol. The van der Waals surface area contributed by atoms with Crippen molar-refractivity contribution in [1.82, 2.24) is 21.3 Å². The summed E-state index contributed by atoms with van der Waals surface area (Å²) in [5, 5.41) is 50.7. The number of aliphatic carboxylic acids is 1. The monoisotopic (exact) mass is 691 g/mol. The number of hydrogen-bond acceptors (Lipinski definition) is 11. The maximum absolute atomic E-state index is 13.6. The molecule has 5 atom stereocenters. The molecule has 0 spiro atoms. The lowest BCUT2D eigenvalue weighted by Crippen LogP contribution is -2.62. The largest absolute Gasteiger partial charge is 0.508 e. The van der Waals surface area contributed by atoms with Crippen LogP contribution in [0.5, 0.6) is 17.2 Å². The van der Waals surface area contributed by atoms with Crippen LogP contribution in [0.15, 0.2) is 42.5 Å². The molecule has 1 unspecified atom stereocenters. The van der Waals surface area contributed by atoms with Crippen LogP contribution in [-0.2, 0) is 30.4 Å². The molecule has 47 heavy (non-hydrogen) atoms. The molecule has 10 N–H and O–H groups in total. The molecule has 2 aromatic carbocycles. The summed E-state index contributed by atoms with van der Waals surface area (Å²) in [5.41, 5.74) is 6.85. The molecule has 1 aliphatic heterocycles. The van der Waals surface area contributed by atoms with Gasteiger partial charge >= 0.3 is 5.97 Å². The van der Waals surface area contributed by atoms with E-state index in [1.165, 1.54) is 6.92 Å². The van der Waals surface area contributed by atoms with Crippen molar-refractivity contribution in [2.45, 2.75) is 80.6 Å². The van der Waals surface area contributed by atoms with Crippen molar-refractivity contribution >= 4 is 51.2 Å². The number of carboxylic acids is 1. The van der Waals surface area contributed by atoms with E-state index < -0.39 is 93.0 Å². The Morgan fingerprint density at radius 2 is 1.53 bits per heavy atom. The second kappa shape index (κ2) is 15.2. The van der Waals surface area contributed by atoms with Gasteiger partial charge in [0.1, 0.15) is 35.4 Å². The molecule has 1 saturated heterocycles. The highest BCUT2D eigenvalue weighted by atomic mass is 33.1. The number of rotatable bonds is 7. The number of carboxylic acid groups (broad SMARTS) is 1. The lowest BCUT2D eigenvalue weighted by Gasteiger charge is -2.38. The van der Waals surface area contributed by atoms with Crippen LogP contribution in [0.2, 0.25) is 0 Å². The van der Waals surface area contributed by atoms with Gasteiger partial charge in [-0.3, -0.25) is 19.2 Å². The summed E-state index contributed by atoms with van der Waals surface area (Å²) in [6.07, 6.45) is 0.0505. The highest BCUT2D eigenvalue weighted by molar-refractivity contribution is 8.77. The molecular formula is C31H41N5O9S2. The van der Waals surface area contributed by atoms with Crippen LogP contribution in [0.1, 0.15) is 51.7 Å². The third-order valence-electron chi connectivity index (χ3n) is 7.72. The Morgan fingerprint density at radius 1 is 0.957 bits per heavy atom. The zero-order valence-electron chi connectivity index (χ0n) is 26.6. The number of amides is 4. The minimum absolute atomic E-state index is 0.0505. The number of aromatic hydroxyl groups is 3. The standard InChI is InChI=1S/C31H41N5O9S2/c1-15(22-19(38)12-17(37)13-20(22)39)23(32)27(42)35-24-28(43)33-14-21(40)34-18(11-16-9-7-6-8-10-16)26(41)36-25(29(44)45)31(4,5)47-46-30(24,2)3/h6-10,12-13,15,18,23-25,37-39H,11,14,32H2,1-5H3,(H,33,43)(H,34,40)(H,35,42)(H,36,41)(H,44,45)/t15-,18+,23+,24?,25+/m1/s1. The Kier molecular flexibility index (Phi) is 12.0. The molecule has 0 bridgehead atoms. The minimum Gasteiger partial charge on any atom is -0.508 e. The molecule has 0 radical (unpaired) electrons. The number of nitrogens with one attached hydrogen (secondary N) is 4. The van der Waals surface area contributed by atoms with Crippen LogP contribution < -0.4 is 27.0 Å². The van der Waals surface area contributed by atoms with E-state index in [0.717, 1.165) is 33.7 Å². The third kappa shape index (κ3) is 9.45. The summed E-state index contributed by atoms with van der Waals surface area (Å²) >= 11 is 0. The Bertz CT molecular complexity index is 1480. The summed E-state index contributed by atoms with van der Waals surface area (Å²) in [7, 11) is 2.18. The summed E-state index contributed by atoms with van der Waals surface area (Å²) < 4.78 is -2.32. The first-order valence-electron chi connectivity index (χ1n) is 14.7. The average molecular weight is 692 g/mol. The zero-order valence-corrected chi connectivity index (χ0v) is 28.2. The van der Waals surface area contributed by atoms with Crippen LogP contribution in [-0.4, -0.2) is 90.2 Å². The van der Waals surface area contributed by atoms with Gasteiger partial charge < -0.3 is 47.4 Å². The average Bonchev–Trinajstić information content (AvgIpc) is 2.98. The fraction of sp³-hybridized carbons (Fsp3) is 0.452. The number of carbonyl (C=O) groups is 5. The molecule has 1 aliphatic rings. The lowest BCUT2D eigenvalue weighted by molar-refractivity contribution is -0.143. The fourth-order valence-corrected chi connectivity index (χ4v) is 7.75. The molecule has 3 rings (SSSR count). The lowest BCUT2D eigenvalue weighted by atomic mass is 9.91. The van der Waals surface area contributed by atoms with E-state index in [9.17, 15) is 44.4 Å². The van der Waals surface area contributed by atoms with E-state index in [0.29, 0.717) is 5.56 Å². The number of benzene rings is 2. The van der Waals surface area contributed by atoms with Crippen LogP contribution in [0.4, 0.5) is 0 Å². The maximum atomic E-state index is 13.6. The van der Waals surface area contributed by atoms with Gasteiger partial charge in [-0.1, -0.05) is 58.8 Å². The van der Waals surface area contributed by atoms with Crippen molar-refractivity contribution in [1.29, 1.82) is 0 Å². The highest BCUT2D eigenvalue weighted by Gasteiger charge is 2.44. The van der Waals surface area contributed by atoms with Gasteiger partial charge in [0.15, 0.2) is 0 Å². The third-order valence-corrected chi connectivity index (χ3v) is 12.0. The smallest absolute Gasteiger partial charge is 0.327 e. The molecule has 0 saturated carbocycles. The first kappa shape index (κ1) is 37.3. The molecule has 16 heteroatoms. The second-order valence-corrected chi connectivity index (χ2v) is 15.8. The number of phenols is 3. The van der Waals surface area contributed by atoms with Crippen LogP contribution >= 0.6 is 21.6 Å². The van der Waals surface area contributed by atoms with E-state index in [4.69, 9.17) is 5.73 Å². The molecule has 256 valence electrons. The summed E-state index contributed by atoms with van der Waals surface area (Å²) in [4.78, 5) is 65.9. The molecule has 0 aromatic heterocycles. The van der Waals surface area contributed by atoms with Crippen molar-refractivity contribution in [3.63, 3.8) is 0 Å². The molecule has 1 fully saturated rings. The van der Waals surface area contributed by atoms with Gasteiger partial charge in [0.25, 0.3) is 0 Å². The summed E-state index contributed by atoms with van der Waals surface area (Å²) in [6.45, 7) is 7.39. The van der Waals surface area contributed by atoms with E-state index in [1.54, 1.807) is 58.0 Å². The van der Waals surface area contributed by atoms with Crippen molar-refractivity contribution in [3.05, 3.63) is 53.6 Å². The number of hydrogen-bond donors (Lipinski definition) is 9. The molecule has 4 amide bonds. The number of nitrogens with two attached hydrogens (primary N) is 1. The first-order chi connectivity index (χ1) is 21.8. The van der Waals surface area contributed by atoms with E-state index in [1.807, 2.05) is 0 Å². The van der Waals surface area contributed by atoms with Gasteiger partial charge in [-0.2, -0.15) is 0 Å². The molecule has 2 aromatic rings. The van der Waals surface area contributed by atoms with E-state index in [2.05, 4.69) is 21.3 Å². The van der Waals surface area contributed by atoms with Crippen molar-refractivity contribution in [3.8, 4) is 17.2 Å². The van der Waals surface area contributed by atoms with Gasteiger partial charge in [-0.05, 0) is 33.3 Å². The Morgan fingerprint density at radius 3 is 2.11 bits per heavy atom. The van der Waals surface area contributed by atoms with Gasteiger partial charge in [0, 0.05) is 34.8 Å². The molecule has 14 nitrogen and oxygen atoms in total. The zero-order chi connectivity index (χ0) is 35.3. The van der Waals surface area contributed by atoms with Crippen molar-refractivity contribution in [2.24, 2.45) is 5.73 Å². The Balaban J connectivity index is 1.93. The number of carbonyl (C=O) groups excluding carboxylic acids is 4. The van der Waals surface area contributed by atoms with Crippen LogP contribution in [0, 0.1) is 0 Å². The quantitative estimate of drug-likeness (QED) is 0.185. The fourth-order valence-electron chi connectivity index (χ4n) is 4.94. The first-order valence-corrected chi connectivity index (χ1v) is 16.8. The normalized spacial score (nSPS) is 23.2. The Labute approximate surface area is 280 Å². The molecule has 0 aliphatic carbocycles. The SMILES string of the molecule is C[C@H](c1c(O)cc(O)cc1O)[C@H](N)C(=O)NC1C(=O)NCC(=O)N[C@@H](Cc2ccccc2)C(=O)N[C@@H](C(=O)O)C(C)(C)SSC1(C)C. The Hall–Kier alpha value is -4.15. The van der Waals surface area contributed by atoms with E-state index >= 15 is 0 Å². The maximum Gasteiger partial charge on any atom is 0.327 e. The summed E-state index contributed by atoms with van der Waals surface area (Å²) in [6, 6.07) is 5.49. The summed E-state index contributed by atoms with van der Waals surface area (Å²) in [5.74, 6) is -6.68. The molecular weight excluding hydrogens is 651 g/mol. The van der Waals surface area contributed by atoms with Crippen LogP contribution in [0.3, 0.4) is 0 Å².